The van der Waals surface area contributed by atoms with Crippen LogP contribution < -0.4 is 5.73 Å². The summed E-state index contributed by atoms with van der Waals surface area (Å²) in [6.45, 7) is 1.81. The normalized spacial score (nSPS) is 18.0. The molecule has 2 heterocycles. The molecule has 0 aromatic carbocycles. The molecule has 2 rings (SSSR count). The Morgan fingerprint density at radius 3 is 2.68 bits per heavy atom. The summed E-state index contributed by atoms with van der Waals surface area (Å²) in [6, 6.07) is 3.93. The summed E-state index contributed by atoms with van der Waals surface area (Å²) in [5, 5.41) is 0. The van der Waals surface area contributed by atoms with E-state index < -0.39 is 5.54 Å². The van der Waals surface area contributed by atoms with E-state index in [4.69, 9.17) is 10.5 Å². The molecule has 0 atom stereocenters. The Morgan fingerprint density at radius 2 is 2.05 bits per heavy atom. The van der Waals surface area contributed by atoms with E-state index in [-0.39, 0.29) is 5.91 Å². The molecule has 0 bridgehead atoms. The first kappa shape index (κ1) is 14.0. The van der Waals surface area contributed by atoms with E-state index in [1.807, 2.05) is 19.2 Å². The summed E-state index contributed by atoms with van der Waals surface area (Å²) >= 11 is 0. The van der Waals surface area contributed by atoms with Gasteiger partial charge in [-0.3, -0.25) is 9.78 Å². The standard InChI is InChI=1S/C14H21N3O2/c1-17(9-4-12-2-7-16-8-3-12)13(18)14(15)5-10-19-11-6-14/h2-3,7-8H,4-6,9-11,15H2,1H3. The van der Waals surface area contributed by atoms with Crippen LogP contribution in [0.2, 0.25) is 0 Å². The van der Waals surface area contributed by atoms with Gasteiger partial charge in [0.15, 0.2) is 0 Å². The molecular formula is C14H21N3O2. The van der Waals surface area contributed by atoms with Crippen LogP contribution in [0.4, 0.5) is 0 Å². The summed E-state index contributed by atoms with van der Waals surface area (Å²) < 4.78 is 5.27. The van der Waals surface area contributed by atoms with Gasteiger partial charge in [0.25, 0.3) is 0 Å². The lowest BCUT2D eigenvalue weighted by Crippen LogP contribution is -2.57. The third kappa shape index (κ3) is 3.52. The molecule has 0 spiro atoms. The first-order chi connectivity index (χ1) is 9.12. The summed E-state index contributed by atoms with van der Waals surface area (Å²) in [5.74, 6) is 0.0184. The van der Waals surface area contributed by atoms with Crippen LogP contribution in [0.3, 0.4) is 0 Å². The molecule has 1 amide bonds. The Morgan fingerprint density at radius 1 is 1.42 bits per heavy atom. The number of nitrogens with zero attached hydrogens (tertiary/aromatic N) is 2. The highest BCUT2D eigenvalue weighted by Crippen LogP contribution is 2.20. The highest BCUT2D eigenvalue weighted by atomic mass is 16.5. The van der Waals surface area contributed by atoms with Crippen molar-refractivity contribution in [2.75, 3.05) is 26.8 Å². The van der Waals surface area contributed by atoms with E-state index in [2.05, 4.69) is 4.98 Å². The Balaban J connectivity index is 1.88. The number of rotatable bonds is 4. The number of aromatic nitrogens is 1. The van der Waals surface area contributed by atoms with Gasteiger partial charge in [0.2, 0.25) is 5.91 Å². The van der Waals surface area contributed by atoms with Gasteiger partial charge in [0, 0.05) is 39.2 Å². The average Bonchev–Trinajstić information content (AvgIpc) is 2.46. The maximum Gasteiger partial charge on any atom is 0.242 e. The van der Waals surface area contributed by atoms with Gasteiger partial charge in [-0.25, -0.2) is 0 Å². The Kier molecular flexibility index (Phi) is 4.50. The third-order valence-corrected chi connectivity index (χ3v) is 3.64. The zero-order chi connectivity index (χ0) is 13.7. The molecule has 1 aliphatic rings. The van der Waals surface area contributed by atoms with Crippen molar-refractivity contribution in [1.29, 1.82) is 0 Å². The SMILES string of the molecule is CN(CCc1ccncc1)C(=O)C1(N)CCOCC1. The second-order valence-corrected chi connectivity index (χ2v) is 5.10. The molecule has 5 heteroatoms. The van der Waals surface area contributed by atoms with Crippen LogP contribution >= 0.6 is 0 Å². The van der Waals surface area contributed by atoms with Crippen LogP contribution in [0.25, 0.3) is 0 Å². The van der Waals surface area contributed by atoms with Crippen molar-refractivity contribution >= 4 is 5.91 Å². The third-order valence-electron chi connectivity index (χ3n) is 3.64. The maximum absolute atomic E-state index is 12.4. The summed E-state index contributed by atoms with van der Waals surface area (Å²) in [4.78, 5) is 18.1. The maximum atomic E-state index is 12.4. The molecule has 0 unspecified atom stereocenters. The van der Waals surface area contributed by atoms with Gasteiger partial charge in [-0.05, 0) is 37.0 Å². The second kappa shape index (κ2) is 6.12. The quantitative estimate of drug-likeness (QED) is 0.863. The number of ether oxygens (including phenoxy) is 1. The van der Waals surface area contributed by atoms with Crippen LogP contribution in [0, 0.1) is 0 Å². The molecule has 1 fully saturated rings. The largest absolute Gasteiger partial charge is 0.381 e. The van der Waals surface area contributed by atoms with Crippen molar-refractivity contribution in [2.45, 2.75) is 24.8 Å². The number of carbonyl (C=O) groups excluding carboxylic acids is 1. The molecule has 19 heavy (non-hydrogen) atoms. The molecule has 1 aliphatic heterocycles. The number of pyridine rings is 1. The first-order valence-corrected chi connectivity index (χ1v) is 6.63. The van der Waals surface area contributed by atoms with Crippen molar-refractivity contribution in [1.82, 2.24) is 9.88 Å². The van der Waals surface area contributed by atoms with Crippen LogP contribution in [0.15, 0.2) is 24.5 Å². The van der Waals surface area contributed by atoms with Crippen molar-refractivity contribution in [2.24, 2.45) is 5.73 Å². The molecule has 0 radical (unpaired) electrons. The van der Waals surface area contributed by atoms with Gasteiger partial charge in [-0.2, -0.15) is 0 Å². The van der Waals surface area contributed by atoms with Gasteiger partial charge >= 0.3 is 0 Å². The molecule has 1 aromatic rings. The zero-order valence-electron chi connectivity index (χ0n) is 11.3. The van der Waals surface area contributed by atoms with Crippen molar-refractivity contribution in [3.63, 3.8) is 0 Å². The van der Waals surface area contributed by atoms with E-state index in [1.165, 1.54) is 5.56 Å². The number of carbonyl (C=O) groups is 1. The van der Waals surface area contributed by atoms with Crippen LogP contribution in [-0.2, 0) is 16.0 Å². The number of likely N-dealkylation sites (N-methyl/N-ethyl adjacent to an activating group) is 1. The van der Waals surface area contributed by atoms with E-state index in [0.29, 0.717) is 32.6 Å². The van der Waals surface area contributed by atoms with Gasteiger partial charge in [-0.15, -0.1) is 0 Å². The number of hydrogen-bond donors (Lipinski definition) is 1. The predicted octanol–water partition coefficient (Wildman–Crippen LogP) is 0.590. The minimum atomic E-state index is -0.745. The van der Waals surface area contributed by atoms with Gasteiger partial charge in [-0.1, -0.05) is 0 Å². The van der Waals surface area contributed by atoms with E-state index in [1.54, 1.807) is 17.3 Å². The lowest BCUT2D eigenvalue weighted by Gasteiger charge is -2.35. The zero-order valence-corrected chi connectivity index (χ0v) is 11.3. The number of hydrogen-bond acceptors (Lipinski definition) is 4. The first-order valence-electron chi connectivity index (χ1n) is 6.63. The molecule has 2 N–H and O–H groups in total. The highest BCUT2D eigenvalue weighted by Gasteiger charge is 2.37. The minimum absolute atomic E-state index is 0.0184. The smallest absolute Gasteiger partial charge is 0.242 e. The summed E-state index contributed by atoms with van der Waals surface area (Å²) in [5.41, 5.74) is 6.62. The fraction of sp³-hybridized carbons (Fsp3) is 0.571. The van der Waals surface area contributed by atoms with E-state index >= 15 is 0 Å². The van der Waals surface area contributed by atoms with Crippen LogP contribution in [0.1, 0.15) is 18.4 Å². The molecule has 0 aliphatic carbocycles. The van der Waals surface area contributed by atoms with Gasteiger partial charge in [0.05, 0.1) is 5.54 Å². The van der Waals surface area contributed by atoms with Crippen molar-refractivity contribution in [3.8, 4) is 0 Å². The lowest BCUT2D eigenvalue weighted by molar-refractivity contribution is -0.139. The molecule has 1 aromatic heterocycles. The number of nitrogens with two attached hydrogens (primary N) is 1. The molecule has 104 valence electrons. The topological polar surface area (TPSA) is 68.5 Å². The summed E-state index contributed by atoms with van der Waals surface area (Å²) in [6.07, 6.45) is 5.55. The fourth-order valence-electron chi connectivity index (χ4n) is 2.28. The Bertz CT molecular complexity index is 416. The predicted molar refractivity (Wildman–Crippen MR) is 72.5 cm³/mol. The van der Waals surface area contributed by atoms with Gasteiger partial charge < -0.3 is 15.4 Å². The molecular weight excluding hydrogens is 242 g/mol. The Labute approximate surface area is 113 Å². The monoisotopic (exact) mass is 263 g/mol. The van der Waals surface area contributed by atoms with Crippen LogP contribution in [-0.4, -0.2) is 48.1 Å². The number of amides is 1. The highest BCUT2D eigenvalue weighted by molar-refractivity contribution is 5.86. The second-order valence-electron chi connectivity index (χ2n) is 5.10. The summed E-state index contributed by atoms with van der Waals surface area (Å²) in [7, 11) is 1.81. The Hall–Kier alpha value is -1.46. The lowest BCUT2D eigenvalue weighted by atomic mass is 9.90. The molecule has 1 saturated heterocycles. The van der Waals surface area contributed by atoms with Gasteiger partial charge in [0.1, 0.15) is 0 Å². The van der Waals surface area contributed by atoms with Crippen LogP contribution in [0.5, 0.6) is 0 Å². The van der Waals surface area contributed by atoms with E-state index in [0.717, 1.165) is 6.42 Å². The fourth-order valence-corrected chi connectivity index (χ4v) is 2.28. The average molecular weight is 263 g/mol. The van der Waals surface area contributed by atoms with Crippen molar-refractivity contribution in [3.05, 3.63) is 30.1 Å². The molecule has 0 saturated carbocycles. The van der Waals surface area contributed by atoms with Crippen molar-refractivity contribution < 1.29 is 9.53 Å². The molecule has 5 nitrogen and oxygen atoms in total. The minimum Gasteiger partial charge on any atom is -0.381 e. The van der Waals surface area contributed by atoms with E-state index in [9.17, 15) is 4.79 Å².